The summed E-state index contributed by atoms with van der Waals surface area (Å²) in [7, 11) is 0.583. The molecule has 18 heteroatoms. The van der Waals surface area contributed by atoms with Gasteiger partial charge in [-0.2, -0.15) is 0 Å². The maximum absolute atomic E-state index is 14.6. The van der Waals surface area contributed by atoms with E-state index in [4.69, 9.17) is 37.6 Å². The minimum atomic E-state index is -2.56. The molecule has 2 aliphatic carbocycles. The Kier molecular flexibility index (Phi) is 14.6. The van der Waals surface area contributed by atoms with Gasteiger partial charge in [0.05, 0.1) is 74.7 Å². The van der Waals surface area contributed by atoms with Gasteiger partial charge in [0.2, 0.25) is 0 Å². The van der Waals surface area contributed by atoms with Gasteiger partial charge in [0, 0.05) is 23.9 Å². The van der Waals surface area contributed by atoms with Crippen LogP contribution < -0.4 is 38.9 Å². The molecule has 1 spiro atoms. The summed E-state index contributed by atoms with van der Waals surface area (Å²) in [4.78, 5) is 61.9. The van der Waals surface area contributed by atoms with Crippen molar-refractivity contribution in [3.8, 4) is 28.7 Å². The van der Waals surface area contributed by atoms with Crippen LogP contribution in [-0.4, -0.2) is 119 Å². The Labute approximate surface area is 429 Å². The highest BCUT2D eigenvalue weighted by Gasteiger charge is 2.60. The summed E-state index contributed by atoms with van der Waals surface area (Å²) < 4.78 is 48.8. The molecule has 73 heavy (non-hydrogen) atoms. The van der Waals surface area contributed by atoms with Crippen molar-refractivity contribution >= 4 is 49.3 Å². The third-order valence-electron chi connectivity index (χ3n) is 14.9. The summed E-state index contributed by atoms with van der Waals surface area (Å²) in [5, 5.41) is 1.46. The van der Waals surface area contributed by atoms with E-state index in [0.29, 0.717) is 78.6 Å². The molecule has 2 saturated carbocycles. The van der Waals surface area contributed by atoms with Crippen LogP contribution in [0.2, 0.25) is 18.1 Å². The van der Waals surface area contributed by atoms with Crippen molar-refractivity contribution < 1.29 is 56.8 Å². The molecule has 6 aliphatic rings. The van der Waals surface area contributed by atoms with Crippen molar-refractivity contribution in [3.05, 3.63) is 96.7 Å². The fourth-order valence-electron chi connectivity index (χ4n) is 9.56. The minimum Gasteiger partial charge on any atom is -0.497 e. The van der Waals surface area contributed by atoms with Gasteiger partial charge in [0.25, 0.3) is 11.8 Å². The predicted octanol–water partition coefficient (Wildman–Crippen LogP) is 10.0. The standard InChI is InChI=1S/C55H69N5O12Si/c1-10-23-69-52(63)58-34-37-27-36(35-15-17-38(65-6)18-16-35)33-57(37)49(61)40-29-48(71-39-19-20-39)47(30-42(40)58)68-26-14-12-13-25-67-46-31-43-41(28-45(46)66-7)50(62)60-44(32-55(56-60)21-22-55)51(59(43)53(64)70-24-11-2)72-73(8,9)54(3,4)5/h10-11,15-18,28-31,33,37,39,44,51,56H,1-2,12-14,19-27,32,34H2,3-9H3/t37-,44-,51?/m0/s1. The zero-order valence-electron chi connectivity index (χ0n) is 43.2. The molecular weight excluding hydrogens is 951 g/mol. The molecule has 3 atom stereocenters. The smallest absolute Gasteiger partial charge is 0.416 e. The normalized spacial score (nSPS) is 20.7. The lowest BCUT2D eigenvalue weighted by atomic mass is 10.0. The third kappa shape index (κ3) is 10.6. The maximum Gasteiger partial charge on any atom is 0.416 e. The first-order chi connectivity index (χ1) is 35.0. The highest BCUT2D eigenvalue weighted by atomic mass is 28.4. The SMILES string of the molecule is C=CCOC(=O)N1C[C@@H]2CC(c3ccc(OC)cc3)=CN2C(=O)c2cc(OC3CC3)c(OCCCCCOc3cc4c(cc3OC)C(=O)N3NC5(CC5)C[C@H]3C(O[Si](C)(C)C(C)(C)C)N4C(=O)OCC=C)cc21. The van der Waals surface area contributed by atoms with Crippen molar-refractivity contribution in [1.29, 1.82) is 0 Å². The number of hydrogen-bond donors (Lipinski definition) is 1. The molecule has 3 fully saturated rings. The molecule has 390 valence electrons. The van der Waals surface area contributed by atoms with Crippen molar-refractivity contribution in [2.24, 2.45) is 0 Å². The van der Waals surface area contributed by atoms with Crippen LogP contribution in [0.25, 0.3) is 5.57 Å². The summed E-state index contributed by atoms with van der Waals surface area (Å²) in [6.07, 6.45) is 9.52. The van der Waals surface area contributed by atoms with Crippen molar-refractivity contribution in [2.45, 2.75) is 127 Å². The number of methoxy groups -OCH3 is 2. The Balaban J connectivity index is 0.913. The largest absolute Gasteiger partial charge is 0.497 e. The van der Waals surface area contributed by atoms with Gasteiger partial charge in [-0.1, -0.05) is 58.2 Å². The summed E-state index contributed by atoms with van der Waals surface area (Å²) in [6.45, 7) is 18.9. The number of amides is 4. The summed E-state index contributed by atoms with van der Waals surface area (Å²) in [5.74, 6) is 1.75. The average molecular weight is 1020 g/mol. The number of fused-ring (bicyclic) bond motifs is 4. The molecule has 4 aliphatic heterocycles. The van der Waals surface area contributed by atoms with E-state index in [1.165, 1.54) is 29.1 Å². The van der Waals surface area contributed by atoms with Gasteiger partial charge in [0.15, 0.2) is 37.5 Å². The second-order valence-corrected chi connectivity index (χ2v) is 25.9. The molecule has 1 N–H and O–H groups in total. The molecule has 9 rings (SSSR count). The molecule has 17 nitrogen and oxygen atoms in total. The topological polar surface area (TPSA) is 167 Å². The van der Waals surface area contributed by atoms with Gasteiger partial charge in [-0.3, -0.25) is 19.5 Å². The van der Waals surface area contributed by atoms with E-state index in [1.54, 1.807) is 41.3 Å². The van der Waals surface area contributed by atoms with Gasteiger partial charge >= 0.3 is 12.2 Å². The number of carbonyl (C=O) groups is 4. The molecule has 3 aromatic carbocycles. The van der Waals surface area contributed by atoms with Gasteiger partial charge in [-0.25, -0.2) is 19.9 Å². The molecule has 0 aromatic heterocycles. The van der Waals surface area contributed by atoms with Gasteiger partial charge in [0.1, 0.15) is 19.0 Å². The Bertz CT molecular complexity index is 2660. The number of nitrogens with one attached hydrogen (secondary N) is 1. The first-order valence-electron chi connectivity index (χ1n) is 25.4. The van der Waals surface area contributed by atoms with Crippen LogP contribution in [-0.2, 0) is 13.9 Å². The molecule has 0 radical (unpaired) electrons. The van der Waals surface area contributed by atoms with E-state index in [1.807, 2.05) is 30.5 Å². The van der Waals surface area contributed by atoms with Crippen LogP contribution in [0.3, 0.4) is 0 Å². The summed E-state index contributed by atoms with van der Waals surface area (Å²) >= 11 is 0. The number of rotatable bonds is 19. The van der Waals surface area contributed by atoms with E-state index in [9.17, 15) is 19.2 Å². The van der Waals surface area contributed by atoms with Crippen LogP contribution in [0.15, 0.2) is 80.0 Å². The van der Waals surface area contributed by atoms with Crippen LogP contribution in [0.1, 0.15) is 105 Å². The van der Waals surface area contributed by atoms with Gasteiger partial charge in [-0.15, -0.1) is 0 Å². The van der Waals surface area contributed by atoms with Crippen LogP contribution in [0, 0.1) is 0 Å². The number of hydrazine groups is 1. The molecule has 4 heterocycles. The first-order valence-corrected chi connectivity index (χ1v) is 28.3. The molecule has 3 aromatic rings. The summed E-state index contributed by atoms with van der Waals surface area (Å²) in [5.41, 5.74) is 6.46. The van der Waals surface area contributed by atoms with E-state index in [-0.39, 0.29) is 66.5 Å². The lowest BCUT2D eigenvalue weighted by Gasteiger charge is -2.44. The number of carbonyl (C=O) groups excluding carboxylic acids is 4. The van der Waals surface area contributed by atoms with E-state index < -0.39 is 32.8 Å². The number of hydrogen-bond acceptors (Lipinski definition) is 13. The Morgan fingerprint density at radius 3 is 2.05 bits per heavy atom. The molecule has 4 amide bonds. The minimum absolute atomic E-state index is 0.000373. The first kappa shape index (κ1) is 51.4. The molecule has 0 bridgehead atoms. The van der Waals surface area contributed by atoms with Crippen LogP contribution >= 0.6 is 0 Å². The third-order valence-corrected chi connectivity index (χ3v) is 19.4. The van der Waals surface area contributed by atoms with Gasteiger partial charge in [-0.05, 0) is 111 Å². The van der Waals surface area contributed by atoms with E-state index in [2.05, 4.69) is 52.4 Å². The van der Waals surface area contributed by atoms with Crippen molar-refractivity contribution in [2.75, 3.05) is 57.0 Å². The van der Waals surface area contributed by atoms with Crippen LogP contribution in [0.5, 0.6) is 28.7 Å². The fourth-order valence-corrected chi connectivity index (χ4v) is 10.8. The van der Waals surface area contributed by atoms with Crippen LogP contribution in [0.4, 0.5) is 21.0 Å². The van der Waals surface area contributed by atoms with Crippen molar-refractivity contribution in [3.63, 3.8) is 0 Å². The molecular formula is C55H69N5O12Si. The second kappa shape index (κ2) is 20.8. The highest BCUT2D eigenvalue weighted by Crippen LogP contribution is 2.51. The fraction of sp³-hybridized carbons (Fsp3) is 0.491. The molecule has 1 saturated heterocycles. The summed E-state index contributed by atoms with van der Waals surface area (Å²) in [6, 6.07) is 13.6. The highest BCUT2D eigenvalue weighted by molar-refractivity contribution is 6.74. The predicted molar refractivity (Wildman–Crippen MR) is 278 cm³/mol. The average Bonchev–Trinajstić information content (AvgIpc) is 4.28. The van der Waals surface area contributed by atoms with Gasteiger partial charge < -0.3 is 42.5 Å². The Morgan fingerprint density at radius 1 is 0.808 bits per heavy atom. The van der Waals surface area contributed by atoms with E-state index in [0.717, 1.165) is 42.6 Å². The number of unbranched alkanes of at least 4 members (excludes halogenated alkanes) is 2. The quantitative estimate of drug-likeness (QED) is 0.0685. The lowest BCUT2D eigenvalue weighted by Crippen LogP contribution is -2.59. The zero-order chi connectivity index (χ0) is 51.8. The lowest BCUT2D eigenvalue weighted by molar-refractivity contribution is 0.0406. The monoisotopic (exact) mass is 1020 g/mol. The maximum atomic E-state index is 14.6. The molecule has 1 unspecified atom stereocenters. The Hall–Kier alpha value is -6.50. The zero-order valence-corrected chi connectivity index (χ0v) is 44.2. The number of anilines is 2. The number of nitrogens with zero attached hydrogens (tertiary/aromatic N) is 4. The number of benzene rings is 3. The van der Waals surface area contributed by atoms with Crippen molar-refractivity contribution in [1.82, 2.24) is 15.3 Å². The second-order valence-electron chi connectivity index (χ2n) is 21.2. The van der Waals surface area contributed by atoms with E-state index >= 15 is 0 Å². The Morgan fingerprint density at radius 2 is 1.44 bits per heavy atom. The number of ether oxygens (including phenoxy) is 7.